The fourth-order valence-electron chi connectivity index (χ4n) is 7.85. The Balaban J connectivity index is 4.40. The van der Waals surface area contributed by atoms with E-state index in [1.54, 1.807) is 0 Å². The van der Waals surface area contributed by atoms with Crippen LogP contribution in [0.4, 0.5) is 0 Å². The summed E-state index contributed by atoms with van der Waals surface area (Å²) < 4.78 is 16.8. The summed E-state index contributed by atoms with van der Waals surface area (Å²) in [6.45, 7) is 6.50. The van der Waals surface area contributed by atoms with Crippen molar-refractivity contribution < 1.29 is 28.6 Å². The van der Waals surface area contributed by atoms with E-state index in [0.717, 1.165) is 122 Å². The van der Waals surface area contributed by atoms with Crippen LogP contribution in [-0.4, -0.2) is 37.2 Å². The number of carbonyl (C=O) groups is 3. The van der Waals surface area contributed by atoms with E-state index in [1.807, 2.05) is 0 Å². The van der Waals surface area contributed by atoms with Crippen molar-refractivity contribution in [2.45, 2.75) is 277 Å². The third kappa shape index (κ3) is 53.5. The predicted molar refractivity (Wildman–Crippen MR) is 293 cm³/mol. The number of unbranched alkanes of at least 4 members (excludes halogenated alkanes) is 26. The second kappa shape index (κ2) is 56.2. The number of hydrogen-bond donors (Lipinski definition) is 0. The van der Waals surface area contributed by atoms with Crippen LogP contribution in [0, 0.1) is 0 Å². The lowest BCUT2D eigenvalue weighted by Crippen LogP contribution is -2.30. The minimum atomic E-state index is -0.790. The summed E-state index contributed by atoms with van der Waals surface area (Å²) in [5, 5.41) is 0. The van der Waals surface area contributed by atoms with Gasteiger partial charge in [0.25, 0.3) is 0 Å². The standard InChI is InChI=1S/C62H106O6/c1-4-7-10-13-16-19-22-25-27-28-29-30-31-32-33-34-35-38-40-43-46-49-52-55-61(64)67-58-59(57-66-60(63)54-51-48-45-42-39-36-24-21-18-15-12-9-6-3)68-62(65)56-53-50-47-44-41-37-26-23-20-17-14-11-8-5-2/h7,10,16,19,23,25-27,29-30,32-33,35,38,59H,4-6,8-9,11-15,17-18,20-22,24,28,31,34,36-37,39-58H2,1-3H3/b10-7-,19-16-,26-23-,27-25-,30-29-,33-32-,38-35-. The van der Waals surface area contributed by atoms with Gasteiger partial charge in [-0.2, -0.15) is 0 Å². The van der Waals surface area contributed by atoms with E-state index < -0.39 is 6.10 Å². The van der Waals surface area contributed by atoms with Crippen molar-refractivity contribution in [2.75, 3.05) is 13.2 Å². The van der Waals surface area contributed by atoms with Crippen molar-refractivity contribution in [3.8, 4) is 0 Å². The molecule has 0 aromatic carbocycles. The van der Waals surface area contributed by atoms with Crippen LogP contribution in [0.1, 0.15) is 271 Å². The van der Waals surface area contributed by atoms with Crippen LogP contribution in [-0.2, 0) is 28.6 Å². The van der Waals surface area contributed by atoms with E-state index >= 15 is 0 Å². The van der Waals surface area contributed by atoms with Gasteiger partial charge >= 0.3 is 17.9 Å². The monoisotopic (exact) mass is 947 g/mol. The Morgan fingerprint density at radius 2 is 0.574 bits per heavy atom. The van der Waals surface area contributed by atoms with Crippen molar-refractivity contribution in [3.63, 3.8) is 0 Å². The van der Waals surface area contributed by atoms with Crippen LogP contribution in [0.2, 0.25) is 0 Å². The largest absolute Gasteiger partial charge is 0.462 e. The zero-order chi connectivity index (χ0) is 49.3. The zero-order valence-corrected chi connectivity index (χ0v) is 44.6. The molecule has 68 heavy (non-hydrogen) atoms. The van der Waals surface area contributed by atoms with Gasteiger partial charge in [0.1, 0.15) is 13.2 Å². The molecule has 0 amide bonds. The minimum Gasteiger partial charge on any atom is -0.462 e. The molecule has 0 saturated heterocycles. The number of hydrogen-bond acceptors (Lipinski definition) is 6. The lowest BCUT2D eigenvalue weighted by atomic mass is 10.0. The molecule has 6 nitrogen and oxygen atoms in total. The van der Waals surface area contributed by atoms with E-state index in [0.29, 0.717) is 19.3 Å². The Morgan fingerprint density at radius 3 is 0.912 bits per heavy atom. The van der Waals surface area contributed by atoms with E-state index in [9.17, 15) is 14.4 Å². The van der Waals surface area contributed by atoms with Crippen LogP contribution in [0.5, 0.6) is 0 Å². The highest BCUT2D eigenvalue weighted by atomic mass is 16.6. The first-order valence-electron chi connectivity index (χ1n) is 28.6. The Bertz CT molecular complexity index is 1320. The molecule has 6 heteroatoms. The summed E-state index contributed by atoms with van der Waals surface area (Å²) in [6, 6.07) is 0. The molecule has 0 radical (unpaired) electrons. The maximum atomic E-state index is 12.8. The smallest absolute Gasteiger partial charge is 0.306 e. The molecule has 0 heterocycles. The van der Waals surface area contributed by atoms with Crippen molar-refractivity contribution in [2.24, 2.45) is 0 Å². The molecule has 0 spiro atoms. The van der Waals surface area contributed by atoms with E-state index in [1.165, 1.54) is 109 Å². The van der Waals surface area contributed by atoms with Gasteiger partial charge in [-0.25, -0.2) is 0 Å². The Hall–Kier alpha value is -3.41. The first kappa shape index (κ1) is 64.6. The van der Waals surface area contributed by atoms with Crippen LogP contribution in [0.3, 0.4) is 0 Å². The first-order chi connectivity index (χ1) is 33.5. The summed E-state index contributed by atoms with van der Waals surface area (Å²) in [7, 11) is 0. The molecule has 1 unspecified atom stereocenters. The summed E-state index contributed by atoms with van der Waals surface area (Å²) in [5.74, 6) is -0.915. The Labute approximate surface area is 420 Å². The molecule has 0 aromatic rings. The molecular weight excluding hydrogens is 841 g/mol. The molecule has 0 N–H and O–H groups in total. The van der Waals surface area contributed by atoms with Crippen LogP contribution in [0.15, 0.2) is 85.1 Å². The second-order valence-electron chi connectivity index (χ2n) is 18.8. The fraction of sp³-hybridized carbons (Fsp3) is 0.726. The van der Waals surface area contributed by atoms with Crippen molar-refractivity contribution >= 4 is 17.9 Å². The average molecular weight is 948 g/mol. The maximum absolute atomic E-state index is 12.8. The van der Waals surface area contributed by atoms with Gasteiger partial charge in [-0.3, -0.25) is 14.4 Å². The highest BCUT2D eigenvalue weighted by Gasteiger charge is 2.19. The molecule has 0 saturated carbocycles. The number of rotatable bonds is 51. The Morgan fingerprint density at radius 1 is 0.309 bits per heavy atom. The fourth-order valence-corrected chi connectivity index (χ4v) is 7.85. The zero-order valence-electron chi connectivity index (χ0n) is 44.6. The van der Waals surface area contributed by atoms with E-state index in [4.69, 9.17) is 14.2 Å². The third-order valence-electron chi connectivity index (χ3n) is 12.1. The van der Waals surface area contributed by atoms with Gasteiger partial charge < -0.3 is 14.2 Å². The Kier molecular flexibility index (Phi) is 53.4. The van der Waals surface area contributed by atoms with Crippen LogP contribution < -0.4 is 0 Å². The molecular formula is C62H106O6. The van der Waals surface area contributed by atoms with Gasteiger partial charge in [0.05, 0.1) is 0 Å². The molecule has 0 rings (SSSR count). The van der Waals surface area contributed by atoms with Crippen molar-refractivity contribution in [3.05, 3.63) is 85.1 Å². The van der Waals surface area contributed by atoms with E-state index in [2.05, 4.69) is 106 Å². The predicted octanol–water partition coefficient (Wildman–Crippen LogP) is 19.2. The lowest BCUT2D eigenvalue weighted by molar-refractivity contribution is -0.167. The molecule has 0 aliphatic heterocycles. The minimum absolute atomic E-state index is 0.0862. The molecule has 0 fully saturated rings. The molecule has 0 bridgehead atoms. The maximum Gasteiger partial charge on any atom is 0.306 e. The lowest BCUT2D eigenvalue weighted by Gasteiger charge is -2.18. The van der Waals surface area contributed by atoms with Crippen molar-refractivity contribution in [1.82, 2.24) is 0 Å². The number of carbonyl (C=O) groups excluding carboxylic acids is 3. The number of esters is 3. The molecule has 1 atom stereocenters. The summed E-state index contributed by atoms with van der Waals surface area (Å²) in [4.78, 5) is 38.1. The quantitative estimate of drug-likeness (QED) is 0.0262. The van der Waals surface area contributed by atoms with Crippen LogP contribution >= 0.6 is 0 Å². The number of ether oxygens (including phenoxy) is 3. The van der Waals surface area contributed by atoms with Gasteiger partial charge in [0.2, 0.25) is 0 Å². The molecule has 0 aromatic heterocycles. The highest BCUT2D eigenvalue weighted by Crippen LogP contribution is 2.15. The van der Waals surface area contributed by atoms with Gasteiger partial charge in [-0.05, 0) is 96.3 Å². The second-order valence-corrected chi connectivity index (χ2v) is 18.8. The molecule has 0 aliphatic carbocycles. The van der Waals surface area contributed by atoms with Gasteiger partial charge in [0, 0.05) is 19.3 Å². The van der Waals surface area contributed by atoms with Gasteiger partial charge in [0.15, 0.2) is 6.10 Å². The molecule has 390 valence electrons. The first-order valence-corrected chi connectivity index (χ1v) is 28.6. The van der Waals surface area contributed by atoms with Gasteiger partial charge in [-0.15, -0.1) is 0 Å². The molecule has 0 aliphatic rings. The van der Waals surface area contributed by atoms with Crippen LogP contribution in [0.25, 0.3) is 0 Å². The summed E-state index contributed by atoms with van der Waals surface area (Å²) in [5.41, 5.74) is 0. The SMILES string of the molecule is CC/C=C\C/C=C\C/C=C\C/C=C\C/C=C\C/C=C\CCCCCCC(=O)OCC(COC(=O)CCCCCCCCCCCCCCC)OC(=O)CCCCCCC/C=C\CCCCCCC. The summed E-state index contributed by atoms with van der Waals surface area (Å²) in [6.07, 6.45) is 72.8. The highest BCUT2D eigenvalue weighted by molar-refractivity contribution is 5.71. The van der Waals surface area contributed by atoms with Gasteiger partial charge in [-0.1, -0.05) is 241 Å². The normalized spacial score (nSPS) is 12.7. The van der Waals surface area contributed by atoms with E-state index in [-0.39, 0.29) is 31.1 Å². The average Bonchev–Trinajstić information content (AvgIpc) is 3.34. The topological polar surface area (TPSA) is 78.9 Å². The van der Waals surface area contributed by atoms with Crippen molar-refractivity contribution in [1.29, 1.82) is 0 Å². The summed E-state index contributed by atoms with van der Waals surface area (Å²) >= 11 is 0. The third-order valence-corrected chi connectivity index (χ3v) is 12.1. The number of allylic oxidation sites excluding steroid dienone is 14.